The lowest BCUT2D eigenvalue weighted by Gasteiger charge is -2.30. The van der Waals surface area contributed by atoms with Crippen molar-refractivity contribution in [2.75, 3.05) is 0 Å². The van der Waals surface area contributed by atoms with Gasteiger partial charge in [0.25, 0.3) is 0 Å². The second-order valence-electron chi connectivity index (χ2n) is 22.3. The molecule has 0 saturated carbocycles. The van der Waals surface area contributed by atoms with Crippen molar-refractivity contribution < 1.29 is 0 Å². The fourth-order valence-corrected chi connectivity index (χ4v) is 13.7. The number of hydrogen-bond donors (Lipinski definition) is 0. The molecule has 0 N–H and O–H groups in total. The lowest BCUT2D eigenvalue weighted by Crippen LogP contribution is -2.26. The third-order valence-electron chi connectivity index (χ3n) is 17.5. The van der Waals surface area contributed by atoms with Gasteiger partial charge in [0, 0.05) is 49.8 Å². The van der Waals surface area contributed by atoms with Crippen LogP contribution in [0.3, 0.4) is 0 Å². The van der Waals surface area contributed by atoms with Gasteiger partial charge in [-0.3, -0.25) is 0 Å². The second kappa shape index (κ2) is 19.9. The predicted octanol–water partition coefficient (Wildman–Crippen LogP) is 19.4. The zero-order chi connectivity index (χ0) is 56.7. The Balaban J connectivity index is 0.828. The lowest BCUT2D eigenvalue weighted by molar-refractivity contribution is 0.792. The first-order chi connectivity index (χ1) is 42.6. The van der Waals surface area contributed by atoms with Gasteiger partial charge < -0.3 is 4.57 Å². The molecule has 0 amide bonds. The van der Waals surface area contributed by atoms with Gasteiger partial charge in [-0.05, 0) is 115 Å². The first-order valence-electron chi connectivity index (χ1n) is 29.2. The molecule has 17 rings (SSSR count). The number of fused-ring (bicyclic) bond motifs is 13. The Bertz CT molecular complexity index is 5050. The predicted molar refractivity (Wildman–Crippen MR) is 350 cm³/mol. The summed E-state index contributed by atoms with van der Waals surface area (Å²) < 4.78 is 2.49. The van der Waals surface area contributed by atoms with Crippen molar-refractivity contribution in [3.63, 3.8) is 0 Å². The molecule has 3 heterocycles. The summed E-state index contributed by atoms with van der Waals surface area (Å²) >= 11 is 0. The Kier molecular flexibility index (Phi) is 11.4. The van der Waals surface area contributed by atoms with E-state index in [1.54, 1.807) is 0 Å². The molecule has 0 unspecified atom stereocenters. The molecule has 12 aromatic carbocycles. The van der Waals surface area contributed by atoms with Gasteiger partial charge in [-0.1, -0.05) is 255 Å². The van der Waals surface area contributed by atoms with Crippen LogP contribution in [-0.4, -0.2) is 29.5 Å². The van der Waals surface area contributed by atoms with Crippen LogP contribution in [0, 0.1) is 0 Å². The van der Waals surface area contributed by atoms with Crippen LogP contribution < -0.4 is 0 Å². The molecule has 0 atom stereocenters. The van der Waals surface area contributed by atoms with Crippen molar-refractivity contribution in [1.82, 2.24) is 29.5 Å². The highest BCUT2D eigenvalue weighted by Crippen LogP contribution is 2.63. The van der Waals surface area contributed by atoms with Crippen LogP contribution in [0.15, 0.2) is 303 Å². The molecule has 2 aliphatic rings. The maximum Gasteiger partial charge on any atom is 0.164 e. The summed E-state index contributed by atoms with van der Waals surface area (Å²) in [4.78, 5) is 25.9. The zero-order valence-corrected chi connectivity index (χ0v) is 46.6. The van der Waals surface area contributed by atoms with Crippen molar-refractivity contribution in [3.8, 4) is 118 Å². The molecule has 6 nitrogen and oxygen atoms in total. The van der Waals surface area contributed by atoms with Crippen LogP contribution in [0.2, 0.25) is 0 Å². The van der Waals surface area contributed by atoms with Crippen molar-refractivity contribution in [2.45, 2.75) is 5.41 Å². The van der Waals surface area contributed by atoms with E-state index in [2.05, 4.69) is 241 Å². The maximum atomic E-state index is 5.43. The number of benzene rings is 12. The Labute approximate surface area is 497 Å². The molecule has 1 spiro atoms. The van der Waals surface area contributed by atoms with E-state index in [9.17, 15) is 0 Å². The molecule has 15 aromatic rings. The van der Waals surface area contributed by atoms with Gasteiger partial charge in [-0.15, -0.1) is 0 Å². The summed E-state index contributed by atoms with van der Waals surface area (Å²) in [5.74, 6) is 2.41. The van der Waals surface area contributed by atoms with E-state index in [1.807, 2.05) is 66.7 Å². The van der Waals surface area contributed by atoms with Gasteiger partial charge in [0.15, 0.2) is 23.3 Å². The first kappa shape index (κ1) is 49.2. The summed E-state index contributed by atoms with van der Waals surface area (Å²) in [7, 11) is 0. The van der Waals surface area contributed by atoms with E-state index in [0.29, 0.717) is 23.3 Å². The minimum atomic E-state index is -0.476. The molecule has 0 fully saturated rings. The van der Waals surface area contributed by atoms with Gasteiger partial charge in [0.1, 0.15) is 0 Å². The standard InChI is InChI=1S/C80H50N6/c1-5-22-51(23-6-1)55-42-45-73-66(48-55)75-61(37-21-41-74(75)86(73)60-43-44-65-64-36-15-18-40-69(64)80(70(65)49-60)67-38-16-13-34-62(67)63-35-14-17-39-68(63)80)56-30-19-32-58(46-56)78-81-71(52-24-7-2-8-25-52)50-72(82-78)57-31-20-33-59(47-57)79-84-76(53-26-9-3-10-27-53)83-77(85-79)54-28-11-4-12-29-54/h1-50H. The third kappa shape index (κ3) is 7.84. The van der Waals surface area contributed by atoms with Crippen LogP contribution >= 0.6 is 0 Å². The number of rotatable bonds is 9. The quantitative estimate of drug-likeness (QED) is 0.144. The highest BCUT2D eigenvalue weighted by molar-refractivity contribution is 6.17. The number of aromatic nitrogens is 6. The van der Waals surface area contributed by atoms with E-state index >= 15 is 0 Å². The van der Waals surface area contributed by atoms with Crippen LogP contribution in [0.25, 0.3) is 140 Å². The fraction of sp³-hybridized carbons (Fsp3) is 0.0125. The monoisotopic (exact) mass is 1090 g/mol. The number of nitrogens with zero attached hydrogens (tertiary/aromatic N) is 6. The fourth-order valence-electron chi connectivity index (χ4n) is 13.7. The zero-order valence-electron chi connectivity index (χ0n) is 46.6. The van der Waals surface area contributed by atoms with Gasteiger partial charge >= 0.3 is 0 Å². The normalized spacial score (nSPS) is 12.5. The van der Waals surface area contributed by atoms with Crippen LogP contribution in [0.1, 0.15) is 22.3 Å². The van der Waals surface area contributed by atoms with Crippen molar-refractivity contribution >= 4 is 21.8 Å². The SMILES string of the molecule is c1ccc(-c2ccc3c(c2)c2c(-c4cccc(-c5nc(-c6ccccc6)cc(-c6cccc(-c7nc(-c8ccccc8)nc(-c8ccccc8)n7)c6)n5)c4)cccc2n3-c2ccc3c(c2)C2(c4ccccc4-c4ccccc42)c2ccccc2-3)cc1. The molecule has 3 aromatic heterocycles. The van der Waals surface area contributed by atoms with E-state index < -0.39 is 5.41 Å². The van der Waals surface area contributed by atoms with Crippen LogP contribution in [-0.2, 0) is 5.41 Å². The van der Waals surface area contributed by atoms with Gasteiger partial charge in [0.2, 0.25) is 0 Å². The summed E-state index contributed by atoms with van der Waals surface area (Å²) in [6.45, 7) is 0. The summed E-state index contributed by atoms with van der Waals surface area (Å²) in [6, 6.07) is 108. The van der Waals surface area contributed by atoms with Gasteiger partial charge in [0.05, 0.1) is 27.8 Å². The molecular formula is C80H50N6. The summed E-state index contributed by atoms with van der Waals surface area (Å²) in [5, 5.41) is 2.35. The van der Waals surface area contributed by atoms with Crippen molar-refractivity contribution in [1.29, 1.82) is 0 Å². The van der Waals surface area contributed by atoms with E-state index in [4.69, 9.17) is 24.9 Å². The summed E-state index contributed by atoms with van der Waals surface area (Å²) in [6.07, 6.45) is 0. The average Bonchev–Trinajstić information content (AvgIpc) is 1.55. The molecule has 6 heteroatoms. The maximum absolute atomic E-state index is 5.43. The smallest absolute Gasteiger partial charge is 0.164 e. The van der Waals surface area contributed by atoms with E-state index in [0.717, 1.165) is 78.2 Å². The Hall–Kier alpha value is -11.5. The van der Waals surface area contributed by atoms with E-state index in [1.165, 1.54) is 60.8 Å². The second-order valence-corrected chi connectivity index (χ2v) is 22.3. The molecule has 0 radical (unpaired) electrons. The van der Waals surface area contributed by atoms with Crippen LogP contribution in [0.5, 0.6) is 0 Å². The first-order valence-corrected chi connectivity index (χ1v) is 29.2. The molecular weight excluding hydrogens is 1040 g/mol. The Morgan fingerprint density at radius 3 is 1.26 bits per heavy atom. The molecule has 2 aliphatic carbocycles. The minimum Gasteiger partial charge on any atom is -0.309 e. The molecule has 0 bridgehead atoms. The molecule has 86 heavy (non-hydrogen) atoms. The van der Waals surface area contributed by atoms with Crippen LogP contribution in [0.4, 0.5) is 0 Å². The minimum absolute atomic E-state index is 0.476. The molecule has 400 valence electrons. The molecule has 0 saturated heterocycles. The highest BCUT2D eigenvalue weighted by Gasteiger charge is 2.51. The van der Waals surface area contributed by atoms with Gasteiger partial charge in [-0.25, -0.2) is 24.9 Å². The third-order valence-corrected chi connectivity index (χ3v) is 17.5. The highest BCUT2D eigenvalue weighted by atomic mass is 15.0. The van der Waals surface area contributed by atoms with Crippen molar-refractivity contribution in [2.24, 2.45) is 0 Å². The van der Waals surface area contributed by atoms with Gasteiger partial charge in [-0.2, -0.15) is 0 Å². The summed E-state index contributed by atoms with van der Waals surface area (Å²) in [5.41, 5.74) is 24.9. The Morgan fingerprint density at radius 1 is 0.233 bits per heavy atom. The lowest BCUT2D eigenvalue weighted by atomic mass is 9.70. The van der Waals surface area contributed by atoms with E-state index in [-0.39, 0.29) is 0 Å². The van der Waals surface area contributed by atoms with Crippen molar-refractivity contribution in [3.05, 3.63) is 326 Å². The average molecular weight is 1100 g/mol. The number of hydrogen-bond acceptors (Lipinski definition) is 5. The Morgan fingerprint density at radius 2 is 0.663 bits per heavy atom. The molecule has 0 aliphatic heterocycles. The largest absolute Gasteiger partial charge is 0.309 e. The topological polar surface area (TPSA) is 69.4 Å².